The van der Waals surface area contributed by atoms with Gasteiger partial charge in [-0.05, 0) is 45.2 Å². The fourth-order valence-electron chi connectivity index (χ4n) is 3.73. The molecule has 216 valence electrons. The molecule has 0 bridgehead atoms. The molecule has 10 nitrogen and oxygen atoms in total. The van der Waals surface area contributed by atoms with E-state index < -0.39 is 44.9 Å². The Balaban J connectivity index is 2.45. The van der Waals surface area contributed by atoms with Gasteiger partial charge in [-0.3, -0.25) is 18.7 Å². The zero-order valence-corrected chi connectivity index (χ0v) is 24.6. The van der Waals surface area contributed by atoms with Crippen molar-refractivity contribution in [1.82, 2.24) is 0 Å². The van der Waals surface area contributed by atoms with E-state index in [-0.39, 0.29) is 39.6 Å². The minimum Gasteiger partial charge on any atom is -0.460 e. The maximum Gasteiger partial charge on any atom is 0.345 e. The van der Waals surface area contributed by atoms with Crippen molar-refractivity contribution in [3.8, 4) is 0 Å². The van der Waals surface area contributed by atoms with Gasteiger partial charge in [0, 0.05) is 0 Å². The maximum absolute atomic E-state index is 14.0. The Morgan fingerprint density at radius 1 is 0.615 bits per heavy atom. The second-order valence-electron chi connectivity index (χ2n) is 8.21. The normalized spacial score (nSPS) is 12.1. The Labute approximate surface area is 230 Å². The first-order valence-electron chi connectivity index (χ1n) is 12.9. The SMILES string of the molecule is CCOP(=O)(OCC)C(CC(C(=O)OCc1ccccc1)C(=O)OCc1ccccc1)P(=O)(OCC)OCC. The zero-order chi connectivity index (χ0) is 28.7. The van der Waals surface area contributed by atoms with Crippen LogP contribution in [0.3, 0.4) is 0 Å². The van der Waals surface area contributed by atoms with Crippen LogP contribution in [-0.4, -0.2) is 43.8 Å². The molecular weight excluding hydrogens is 546 g/mol. The third-order valence-electron chi connectivity index (χ3n) is 5.43. The van der Waals surface area contributed by atoms with Crippen molar-refractivity contribution < 1.29 is 46.3 Å². The van der Waals surface area contributed by atoms with Crippen LogP contribution in [0.15, 0.2) is 60.7 Å². The number of benzene rings is 2. The molecule has 0 aromatic heterocycles. The highest BCUT2D eigenvalue weighted by Gasteiger charge is 2.53. The molecule has 0 N–H and O–H groups in total. The molecule has 0 heterocycles. The first kappa shape index (κ1) is 32.9. The molecular formula is C27H38O10P2. The van der Waals surface area contributed by atoms with Gasteiger partial charge in [0.05, 0.1) is 26.4 Å². The van der Waals surface area contributed by atoms with Crippen molar-refractivity contribution >= 4 is 27.1 Å². The molecule has 0 atom stereocenters. The van der Waals surface area contributed by atoms with Gasteiger partial charge in [0.1, 0.15) is 13.2 Å². The minimum atomic E-state index is -4.23. The lowest BCUT2D eigenvalue weighted by Crippen LogP contribution is -2.32. The topological polar surface area (TPSA) is 124 Å². The highest BCUT2D eigenvalue weighted by atomic mass is 31.2. The van der Waals surface area contributed by atoms with Crippen molar-refractivity contribution in [3.05, 3.63) is 71.8 Å². The fraction of sp³-hybridized carbons (Fsp3) is 0.481. The van der Waals surface area contributed by atoms with Crippen molar-refractivity contribution in [2.75, 3.05) is 26.4 Å². The highest BCUT2D eigenvalue weighted by Crippen LogP contribution is 2.72. The quantitative estimate of drug-likeness (QED) is 0.111. The smallest absolute Gasteiger partial charge is 0.345 e. The van der Waals surface area contributed by atoms with Gasteiger partial charge in [0.15, 0.2) is 11.3 Å². The second-order valence-corrected chi connectivity index (χ2v) is 13.1. The van der Waals surface area contributed by atoms with Crippen LogP contribution in [0.1, 0.15) is 45.2 Å². The lowest BCUT2D eigenvalue weighted by Gasteiger charge is -2.32. The van der Waals surface area contributed by atoms with Gasteiger partial charge in [-0.15, -0.1) is 0 Å². The number of esters is 2. The van der Waals surface area contributed by atoms with Crippen molar-refractivity contribution in [2.45, 2.75) is 52.7 Å². The molecule has 0 unspecified atom stereocenters. The summed E-state index contributed by atoms with van der Waals surface area (Å²) in [5, 5.41) is -1.59. The van der Waals surface area contributed by atoms with Gasteiger partial charge >= 0.3 is 27.1 Å². The number of hydrogen-bond acceptors (Lipinski definition) is 10. The van der Waals surface area contributed by atoms with E-state index in [9.17, 15) is 18.7 Å². The molecule has 0 saturated heterocycles. The Morgan fingerprint density at radius 2 is 0.949 bits per heavy atom. The van der Waals surface area contributed by atoms with Gasteiger partial charge in [-0.2, -0.15) is 0 Å². The second kappa shape index (κ2) is 16.7. The molecule has 2 aromatic carbocycles. The van der Waals surface area contributed by atoms with Gasteiger partial charge in [0.25, 0.3) is 0 Å². The summed E-state index contributed by atoms with van der Waals surface area (Å²) in [5.74, 6) is -3.51. The first-order valence-corrected chi connectivity index (χ1v) is 16.1. The largest absolute Gasteiger partial charge is 0.460 e. The predicted octanol–water partition coefficient (Wildman–Crippen LogP) is 6.34. The number of hydrogen-bond donors (Lipinski definition) is 0. The Morgan fingerprint density at radius 3 is 1.26 bits per heavy atom. The monoisotopic (exact) mass is 584 g/mol. The number of ether oxygens (including phenoxy) is 2. The molecule has 0 radical (unpaired) electrons. The van der Waals surface area contributed by atoms with E-state index in [1.807, 2.05) is 12.1 Å². The zero-order valence-electron chi connectivity index (χ0n) is 22.9. The molecule has 0 saturated carbocycles. The van der Waals surface area contributed by atoms with Gasteiger partial charge in [-0.1, -0.05) is 60.7 Å². The summed E-state index contributed by atoms with van der Waals surface area (Å²) >= 11 is 0. The Kier molecular flexibility index (Phi) is 14.1. The molecule has 2 rings (SSSR count). The van der Waals surface area contributed by atoms with Crippen molar-refractivity contribution in [2.24, 2.45) is 5.92 Å². The van der Waals surface area contributed by atoms with Crippen LogP contribution in [0.2, 0.25) is 0 Å². The maximum atomic E-state index is 14.0. The van der Waals surface area contributed by atoms with Crippen molar-refractivity contribution in [3.63, 3.8) is 0 Å². The minimum absolute atomic E-state index is 0.0480. The third kappa shape index (κ3) is 9.98. The number of rotatable bonds is 18. The van der Waals surface area contributed by atoms with Crippen LogP contribution in [0.25, 0.3) is 0 Å². The fourth-order valence-corrected chi connectivity index (χ4v) is 9.13. The van der Waals surface area contributed by atoms with E-state index in [0.717, 1.165) is 0 Å². The molecule has 0 aliphatic carbocycles. The van der Waals surface area contributed by atoms with Crippen LogP contribution in [0, 0.1) is 5.92 Å². The molecule has 12 heteroatoms. The Hall–Kier alpha value is -2.32. The van der Waals surface area contributed by atoms with E-state index in [0.29, 0.717) is 11.1 Å². The standard InChI is InChI=1S/C27H38O10P2/c1-5-34-38(30,35-6-2)25(39(31,36-7-3)37-8-4)19-24(26(28)32-20-22-15-11-9-12-16-22)27(29)33-21-23-17-13-10-14-18-23/h9-18,24-25H,5-8,19-21H2,1-4H3. The average Bonchev–Trinajstić information content (AvgIpc) is 2.92. The molecule has 0 fully saturated rings. The van der Waals surface area contributed by atoms with Crippen LogP contribution >= 0.6 is 15.2 Å². The summed E-state index contributed by atoms with van der Waals surface area (Å²) in [4.78, 5) is 26.6. The van der Waals surface area contributed by atoms with E-state index in [4.69, 9.17) is 27.6 Å². The molecule has 2 aromatic rings. The third-order valence-corrected chi connectivity index (χ3v) is 11.5. The summed E-state index contributed by atoms with van der Waals surface area (Å²) in [6, 6.07) is 17.8. The van der Waals surface area contributed by atoms with E-state index in [2.05, 4.69) is 0 Å². The number of carbonyl (C=O) groups excluding carboxylic acids is 2. The van der Waals surface area contributed by atoms with Gasteiger partial charge in [-0.25, -0.2) is 0 Å². The predicted molar refractivity (Wildman–Crippen MR) is 146 cm³/mol. The van der Waals surface area contributed by atoms with Crippen LogP contribution < -0.4 is 0 Å². The molecule has 0 aliphatic rings. The Bertz CT molecular complexity index is 1000. The molecule has 0 spiro atoms. The van der Waals surface area contributed by atoms with E-state index >= 15 is 0 Å². The van der Waals surface area contributed by atoms with E-state index in [1.165, 1.54) is 0 Å². The summed E-state index contributed by atoms with van der Waals surface area (Å²) in [6.45, 7) is 5.95. The van der Waals surface area contributed by atoms with Crippen LogP contribution in [-0.2, 0) is 59.5 Å². The first-order chi connectivity index (χ1) is 18.7. The molecule has 0 aliphatic heterocycles. The lowest BCUT2D eigenvalue weighted by atomic mass is 10.1. The number of carbonyl (C=O) groups is 2. The molecule has 0 amide bonds. The highest BCUT2D eigenvalue weighted by molar-refractivity contribution is 7.72. The van der Waals surface area contributed by atoms with E-state index in [1.54, 1.807) is 76.2 Å². The lowest BCUT2D eigenvalue weighted by molar-refractivity contribution is -0.163. The van der Waals surface area contributed by atoms with Crippen LogP contribution in [0.4, 0.5) is 0 Å². The summed E-state index contributed by atoms with van der Waals surface area (Å²) in [6.07, 6.45) is -0.574. The van der Waals surface area contributed by atoms with Gasteiger partial charge < -0.3 is 27.6 Å². The molecule has 39 heavy (non-hydrogen) atoms. The van der Waals surface area contributed by atoms with Crippen LogP contribution in [0.5, 0.6) is 0 Å². The average molecular weight is 585 g/mol. The summed E-state index contributed by atoms with van der Waals surface area (Å²) in [5.41, 5.74) is 1.39. The summed E-state index contributed by atoms with van der Waals surface area (Å²) in [7, 11) is -8.45. The van der Waals surface area contributed by atoms with Crippen molar-refractivity contribution in [1.29, 1.82) is 0 Å². The summed E-state index contributed by atoms with van der Waals surface area (Å²) < 4.78 is 60.8. The van der Waals surface area contributed by atoms with Gasteiger partial charge in [0.2, 0.25) is 0 Å².